The highest BCUT2D eigenvalue weighted by molar-refractivity contribution is 5.85. The van der Waals surface area contributed by atoms with Gasteiger partial charge in [-0.15, -0.1) is 12.4 Å². The van der Waals surface area contributed by atoms with Gasteiger partial charge < -0.3 is 15.1 Å². The number of hydrogen-bond donors (Lipinski definition) is 2. The highest BCUT2D eigenvalue weighted by atomic mass is 35.5. The Morgan fingerprint density at radius 1 is 1.22 bits per heavy atom. The standard InChI is InChI=1S/C19H21N5O2.ClH/c25-18(19(7-10-20-11-8-19)24-12-4-9-23-24)21-13-16-17(26-14-22-16)15-5-2-1-3-6-15;/h1-6,9,12,14,20H,7-8,10-11,13H2,(H,21,25);1H. The molecule has 1 amide bonds. The van der Waals surface area contributed by atoms with Crippen LogP contribution in [0.25, 0.3) is 11.3 Å². The smallest absolute Gasteiger partial charge is 0.248 e. The van der Waals surface area contributed by atoms with Gasteiger partial charge in [0.05, 0.1) is 6.54 Å². The molecule has 1 aliphatic rings. The van der Waals surface area contributed by atoms with Crippen LogP contribution in [-0.4, -0.2) is 33.8 Å². The minimum absolute atomic E-state index is 0. The van der Waals surface area contributed by atoms with Gasteiger partial charge in [0.25, 0.3) is 0 Å². The van der Waals surface area contributed by atoms with E-state index < -0.39 is 5.54 Å². The minimum atomic E-state index is -0.661. The Labute approximate surface area is 163 Å². The van der Waals surface area contributed by atoms with Crippen LogP contribution in [0.3, 0.4) is 0 Å². The van der Waals surface area contributed by atoms with Gasteiger partial charge in [-0.2, -0.15) is 5.10 Å². The molecule has 0 aliphatic carbocycles. The molecule has 2 aromatic heterocycles. The number of carbonyl (C=O) groups excluding carboxylic acids is 1. The van der Waals surface area contributed by atoms with Crippen molar-refractivity contribution in [2.24, 2.45) is 0 Å². The summed E-state index contributed by atoms with van der Waals surface area (Å²) in [6.07, 6.45) is 6.38. The summed E-state index contributed by atoms with van der Waals surface area (Å²) in [5.41, 5.74) is 0.998. The van der Waals surface area contributed by atoms with Crippen molar-refractivity contribution in [3.8, 4) is 11.3 Å². The summed E-state index contributed by atoms with van der Waals surface area (Å²) in [4.78, 5) is 17.4. The van der Waals surface area contributed by atoms with Crippen LogP contribution in [-0.2, 0) is 16.9 Å². The number of hydrogen-bond acceptors (Lipinski definition) is 5. The topological polar surface area (TPSA) is 85.0 Å². The van der Waals surface area contributed by atoms with Crippen molar-refractivity contribution in [1.82, 2.24) is 25.4 Å². The lowest BCUT2D eigenvalue weighted by Crippen LogP contribution is -2.54. The van der Waals surface area contributed by atoms with Crippen molar-refractivity contribution in [2.45, 2.75) is 24.9 Å². The van der Waals surface area contributed by atoms with Gasteiger partial charge in [0.15, 0.2) is 12.2 Å². The second kappa shape index (κ2) is 8.37. The first-order valence-corrected chi connectivity index (χ1v) is 8.76. The number of carbonyl (C=O) groups is 1. The van der Waals surface area contributed by atoms with E-state index in [-0.39, 0.29) is 18.3 Å². The summed E-state index contributed by atoms with van der Waals surface area (Å²) in [5.74, 6) is 0.647. The minimum Gasteiger partial charge on any atom is -0.443 e. The molecule has 0 spiro atoms. The first kappa shape index (κ1) is 19.1. The summed E-state index contributed by atoms with van der Waals surface area (Å²) in [6, 6.07) is 11.6. The predicted octanol–water partition coefficient (Wildman–Crippen LogP) is 2.36. The van der Waals surface area contributed by atoms with Crippen LogP contribution in [0.5, 0.6) is 0 Å². The summed E-state index contributed by atoms with van der Waals surface area (Å²) in [6.45, 7) is 1.88. The quantitative estimate of drug-likeness (QED) is 0.702. The zero-order valence-corrected chi connectivity index (χ0v) is 15.6. The van der Waals surface area contributed by atoms with E-state index in [0.29, 0.717) is 30.8 Å². The van der Waals surface area contributed by atoms with E-state index in [9.17, 15) is 4.79 Å². The molecular weight excluding hydrogens is 366 g/mol. The fourth-order valence-electron chi connectivity index (χ4n) is 3.47. The third kappa shape index (κ3) is 3.74. The third-order valence-corrected chi connectivity index (χ3v) is 4.89. The van der Waals surface area contributed by atoms with E-state index in [4.69, 9.17) is 4.42 Å². The number of benzene rings is 1. The van der Waals surface area contributed by atoms with Gasteiger partial charge in [0.1, 0.15) is 11.2 Å². The number of nitrogens with zero attached hydrogens (tertiary/aromatic N) is 3. The highest BCUT2D eigenvalue weighted by Gasteiger charge is 2.41. The first-order chi connectivity index (χ1) is 12.8. The summed E-state index contributed by atoms with van der Waals surface area (Å²) >= 11 is 0. The van der Waals surface area contributed by atoms with Gasteiger partial charge in [0.2, 0.25) is 5.91 Å². The fourth-order valence-corrected chi connectivity index (χ4v) is 3.47. The number of halogens is 1. The second-order valence-corrected chi connectivity index (χ2v) is 6.41. The maximum absolute atomic E-state index is 13.1. The van der Waals surface area contributed by atoms with Gasteiger partial charge in [0, 0.05) is 18.0 Å². The molecule has 2 N–H and O–H groups in total. The lowest BCUT2D eigenvalue weighted by atomic mass is 9.87. The van der Waals surface area contributed by atoms with Crippen LogP contribution in [0.4, 0.5) is 0 Å². The number of oxazole rings is 1. The van der Waals surface area contributed by atoms with Gasteiger partial charge in [-0.25, -0.2) is 4.98 Å². The van der Waals surface area contributed by atoms with Crippen molar-refractivity contribution >= 4 is 18.3 Å². The van der Waals surface area contributed by atoms with E-state index >= 15 is 0 Å². The summed E-state index contributed by atoms with van der Waals surface area (Å²) in [7, 11) is 0. The zero-order chi connectivity index (χ0) is 17.8. The van der Waals surface area contributed by atoms with E-state index in [1.165, 1.54) is 6.39 Å². The molecule has 4 rings (SSSR count). The van der Waals surface area contributed by atoms with E-state index in [2.05, 4.69) is 20.7 Å². The molecule has 0 radical (unpaired) electrons. The molecule has 1 saturated heterocycles. The van der Waals surface area contributed by atoms with Crippen molar-refractivity contribution in [3.05, 3.63) is 60.9 Å². The molecule has 0 atom stereocenters. The normalized spacial score (nSPS) is 15.7. The van der Waals surface area contributed by atoms with Gasteiger partial charge >= 0.3 is 0 Å². The molecule has 0 unspecified atom stereocenters. The number of piperidine rings is 1. The molecule has 7 nitrogen and oxygen atoms in total. The van der Waals surface area contributed by atoms with Crippen LogP contribution in [0.1, 0.15) is 18.5 Å². The molecular formula is C19H22ClN5O2. The third-order valence-electron chi connectivity index (χ3n) is 4.89. The van der Waals surface area contributed by atoms with Crippen LogP contribution in [0.2, 0.25) is 0 Å². The van der Waals surface area contributed by atoms with Crippen molar-refractivity contribution in [1.29, 1.82) is 0 Å². The van der Waals surface area contributed by atoms with Gasteiger partial charge in [-0.1, -0.05) is 30.3 Å². The zero-order valence-electron chi connectivity index (χ0n) is 14.8. The molecule has 3 heterocycles. The lowest BCUT2D eigenvalue weighted by molar-refractivity contribution is -0.132. The van der Waals surface area contributed by atoms with Gasteiger partial charge in [-0.05, 0) is 32.0 Å². The Balaban J connectivity index is 0.00000210. The molecule has 8 heteroatoms. The van der Waals surface area contributed by atoms with Crippen LogP contribution in [0, 0.1) is 0 Å². The molecule has 27 heavy (non-hydrogen) atoms. The summed E-state index contributed by atoms with van der Waals surface area (Å²) < 4.78 is 7.32. The average Bonchev–Trinajstić information content (AvgIpc) is 3.39. The maximum atomic E-state index is 13.1. The highest BCUT2D eigenvalue weighted by Crippen LogP contribution is 2.28. The molecule has 1 aromatic carbocycles. The van der Waals surface area contributed by atoms with Gasteiger partial charge in [-0.3, -0.25) is 9.48 Å². The lowest BCUT2D eigenvalue weighted by Gasteiger charge is -2.36. The SMILES string of the molecule is Cl.O=C(NCc1ncoc1-c1ccccc1)C1(n2cccn2)CCNCC1. The van der Waals surface area contributed by atoms with Crippen molar-refractivity contribution in [3.63, 3.8) is 0 Å². The Hall–Kier alpha value is -2.64. The first-order valence-electron chi connectivity index (χ1n) is 8.76. The molecule has 1 aliphatic heterocycles. The maximum Gasteiger partial charge on any atom is 0.248 e. The Morgan fingerprint density at radius 2 is 2.00 bits per heavy atom. The average molecular weight is 388 g/mol. The predicted molar refractivity (Wildman–Crippen MR) is 103 cm³/mol. The van der Waals surface area contributed by atoms with Crippen LogP contribution < -0.4 is 10.6 Å². The molecule has 0 saturated carbocycles. The molecule has 3 aromatic rings. The monoisotopic (exact) mass is 387 g/mol. The Bertz CT molecular complexity index is 857. The van der Waals surface area contributed by atoms with E-state index in [1.807, 2.05) is 42.6 Å². The number of amides is 1. The molecule has 0 bridgehead atoms. The fraction of sp³-hybridized carbons (Fsp3) is 0.316. The van der Waals surface area contributed by atoms with E-state index in [1.54, 1.807) is 10.9 Å². The Morgan fingerprint density at radius 3 is 2.70 bits per heavy atom. The molecule has 1 fully saturated rings. The van der Waals surface area contributed by atoms with E-state index in [0.717, 1.165) is 18.7 Å². The molecule has 142 valence electrons. The summed E-state index contributed by atoms with van der Waals surface area (Å²) in [5, 5.41) is 10.7. The number of aromatic nitrogens is 3. The van der Waals surface area contributed by atoms with Crippen LogP contribution in [0.15, 0.2) is 59.6 Å². The van der Waals surface area contributed by atoms with Crippen molar-refractivity contribution < 1.29 is 9.21 Å². The second-order valence-electron chi connectivity index (χ2n) is 6.41. The van der Waals surface area contributed by atoms with Crippen molar-refractivity contribution in [2.75, 3.05) is 13.1 Å². The largest absolute Gasteiger partial charge is 0.443 e. The Kier molecular flexibility index (Phi) is 5.93. The number of rotatable bonds is 5. The van der Waals surface area contributed by atoms with Crippen LogP contribution >= 0.6 is 12.4 Å². The number of nitrogens with one attached hydrogen (secondary N) is 2.